The summed E-state index contributed by atoms with van der Waals surface area (Å²) in [4.78, 5) is 0. The molecule has 0 bridgehead atoms. The van der Waals surface area contributed by atoms with Crippen molar-refractivity contribution in [1.82, 2.24) is 0 Å². The lowest BCUT2D eigenvalue weighted by atomic mass is 9.88. The highest BCUT2D eigenvalue weighted by Crippen LogP contribution is 2.52. The van der Waals surface area contributed by atoms with Gasteiger partial charge in [-0.25, -0.2) is 0 Å². The Balaban J connectivity index is 5.34. The van der Waals surface area contributed by atoms with Gasteiger partial charge in [0.05, 0.1) is 18.8 Å². The van der Waals surface area contributed by atoms with Crippen molar-refractivity contribution in [2.24, 2.45) is 0 Å². The molecular formula is C16H33O4P. The van der Waals surface area contributed by atoms with Crippen LogP contribution >= 0.6 is 7.60 Å². The Hall–Kier alpha value is -0.150. The molecular weight excluding hydrogens is 287 g/mol. The smallest absolute Gasteiger partial charge is 0.354 e. The van der Waals surface area contributed by atoms with Crippen LogP contribution in [0, 0.1) is 0 Å². The first-order valence-electron chi connectivity index (χ1n) is 8.18. The molecule has 1 unspecified atom stereocenters. The van der Waals surface area contributed by atoms with E-state index >= 15 is 0 Å². The Kier molecular flexibility index (Phi) is 10.5. The van der Waals surface area contributed by atoms with E-state index < -0.39 is 13.2 Å². The Morgan fingerprint density at radius 2 is 1.62 bits per heavy atom. The summed E-state index contributed by atoms with van der Waals surface area (Å²) in [5, 5.41) is 10.7. The van der Waals surface area contributed by atoms with Crippen LogP contribution in [0.25, 0.3) is 0 Å². The Morgan fingerprint density at radius 1 is 1.10 bits per heavy atom. The molecule has 0 amide bonds. The van der Waals surface area contributed by atoms with Crippen LogP contribution in [-0.4, -0.2) is 23.9 Å². The fourth-order valence-electron chi connectivity index (χ4n) is 2.18. The first-order valence-corrected chi connectivity index (χ1v) is 9.79. The van der Waals surface area contributed by atoms with Gasteiger partial charge in [0.1, 0.15) is 0 Å². The molecule has 0 aromatic rings. The Labute approximate surface area is 130 Å². The van der Waals surface area contributed by atoms with Crippen molar-refractivity contribution in [3.05, 3.63) is 11.4 Å². The molecule has 0 heterocycles. The number of hydrogen-bond donors (Lipinski definition) is 1. The van der Waals surface area contributed by atoms with Crippen molar-refractivity contribution < 1.29 is 18.7 Å². The molecule has 0 saturated heterocycles. The largest absolute Gasteiger partial charge is 0.386 e. The zero-order valence-corrected chi connectivity index (χ0v) is 15.2. The number of rotatable bonds is 12. The maximum Gasteiger partial charge on any atom is 0.354 e. The van der Waals surface area contributed by atoms with Crippen molar-refractivity contribution in [3.8, 4) is 0 Å². The first-order chi connectivity index (χ1) is 9.85. The molecule has 0 aliphatic rings. The quantitative estimate of drug-likeness (QED) is 0.498. The van der Waals surface area contributed by atoms with Gasteiger partial charge in [-0.2, -0.15) is 0 Å². The van der Waals surface area contributed by atoms with Gasteiger partial charge in [0.2, 0.25) is 0 Å². The van der Waals surface area contributed by atoms with E-state index in [1.165, 1.54) is 0 Å². The molecule has 0 saturated carbocycles. The van der Waals surface area contributed by atoms with E-state index in [9.17, 15) is 9.67 Å². The van der Waals surface area contributed by atoms with Gasteiger partial charge in [-0.3, -0.25) is 4.57 Å². The zero-order valence-electron chi connectivity index (χ0n) is 14.4. The van der Waals surface area contributed by atoms with Gasteiger partial charge in [0.15, 0.2) is 0 Å². The minimum atomic E-state index is -3.27. The highest BCUT2D eigenvalue weighted by Gasteiger charge is 2.30. The van der Waals surface area contributed by atoms with E-state index in [-0.39, 0.29) is 0 Å². The second-order valence-corrected chi connectivity index (χ2v) is 7.36. The van der Waals surface area contributed by atoms with Crippen LogP contribution in [0.4, 0.5) is 0 Å². The van der Waals surface area contributed by atoms with Crippen LogP contribution in [0.5, 0.6) is 0 Å². The Morgan fingerprint density at radius 3 is 2.05 bits per heavy atom. The zero-order chi connectivity index (χ0) is 16.4. The first kappa shape index (κ1) is 20.9. The summed E-state index contributed by atoms with van der Waals surface area (Å²) < 4.78 is 23.3. The van der Waals surface area contributed by atoms with Crippen LogP contribution in [-0.2, 0) is 13.6 Å². The molecule has 1 N–H and O–H groups in total. The number of hydrogen-bond acceptors (Lipinski definition) is 4. The van der Waals surface area contributed by atoms with Gasteiger partial charge in [0, 0.05) is 5.82 Å². The van der Waals surface area contributed by atoms with Crippen molar-refractivity contribution in [3.63, 3.8) is 0 Å². The van der Waals surface area contributed by atoms with E-state index in [2.05, 4.69) is 13.8 Å². The van der Waals surface area contributed by atoms with Gasteiger partial charge in [-0.1, -0.05) is 33.1 Å². The molecule has 0 radical (unpaired) electrons. The summed E-state index contributed by atoms with van der Waals surface area (Å²) in [6, 6.07) is 0. The average molecular weight is 320 g/mol. The van der Waals surface area contributed by atoms with E-state index in [4.69, 9.17) is 9.05 Å². The van der Waals surface area contributed by atoms with Crippen LogP contribution in [0.3, 0.4) is 0 Å². The fourth-order valence-corrected chi connectivity index (χ4v) is 3.92. The summed E-state index contributed by atoms with van der Waals surface area (Å²) in [5.41, 5.74) is -0.169. The highest BCUT2D eigenvalue weighted by atomic mass is 31.2. The predicted octanol–water partition coefficient (Wildman–Crippen LogP) is 5.27. The van der Waals surface area contributed by atoms with E-state index in [1.807, 2.05) is 0 Å². The maximum atomic E-state index is 12.7. The van der Waals surface area contributed by atoms with Crippen molar-refractivity contribution in [2.45, 2.75) is 78.7 Å². The fraction of sp³-hybridized carbons (Fsp3) is 0.875. The molecule has 126 valence electrons. The van der Waals surface area contributed by atoms with Gasteiger partial charge in [-0.15, -0.1) is 0 Å². The highest BCUT2D eigenvalue weighted by molar-refractivity contribution is 7.57. The summed E-state index contributed by atoms with van der Waals surface area (Å²) >= 11 is 0. The summed E-state index contributed by atoms with van der Waals surface area (Å²) in [7, 11) is -3.27. The van der Waals surface area contributed by atoms with Gasteiger partial charge in [0.25, 0.3) is 0 Å². The van der Waals surface area contributed by atoms with Crippen LogP contribution in [0.1, 0.15) is 73.1 Å². The van der Waals surface area contributed by atoms with Crippen LogP contribution in [0.2, 0.25) is 0 Å². The molecule has 0 spiro atoms. The molecule has 4 nitrogen and oxygen atoms in total. The van der Waals surface area contributed by atoms with Crippen LogP contribution in [0.15, 0.2) is 11.4 Å². The van der Waals surface area contributed by atoms with Crippen molar-refractivity contribution in [2.75, 3.05) is 13.2 Å². The summed E-state index contributed by atoms with van der Waals surface area (Å²) in [6.07, 6.45) is 5.31. The molecule has 0 aliphatic carbocycles. The third-order valence-electron chi connectivity index (χ3n) is 3.44. The molecule has 0 rings (SSSR count). The molecule has 5 heteroatoms. The topological polar surface area (TPSA) is 55.8 Å². The summed E-state index contributed by atoms with van der Waals surface area (Å²) in [5.74, 6) is 1.56. The normalized spacial score (nSPS) is 16.0. The number of unbranched alkanes of at least 4 members (excludes halogenated alkanes) is 2. The summed E-state index contributed by atoms with van der Waals surface area (Å²) in [6.45, 7) is 10.2. The monoisotopic (exact) mass is 320 g/mol. The van der Waals surface area contributed by atoms with Crippen LogP contribution < -0.4 is 0 Å². The Bertz CT molecular complexity index is 340. The second kappa shape index (κ2) is 10.6. The van der Waals surface area contributed by atoms with Crippen molar-refractivity contribution >= 4 is 7.60 Å². The SMILES string of the molecule is CCCC/C(=C\P(=O)(OCC)OCC)C(C)(O)CCCC. The third-order valence-corrected chi connectivity index (χ3v) is 5.30. The lowest BCUT2D eigenvalue weighted by molar-refractivity contribution is 0.0821. The molecule has 1 atom stereocenters. The standard InChI is InChI=1S/C16H33O4P/c1-6-10-12-15(16(5,17)13-11-7-2)14-21(18,19-8-3)20-9-4/h14,17H,6-13H2,1-5H3/b15-14+. The minimum absolute atomic E-state index is 0.325. The average Bonchev–Trinajstić information content (AvgIpc) is 2.41. The molecule has 0 aromatic carbocycles. The predicted molar refractivity (Wildman–Crippen MR) is 88.6 cm³/mol. The molecule has 0 aromatic heterocycles. The van der Waals surface area contributed by atoms with E-state index in [0.717, 1.165) is 37.7 Å². The minimum Gasteiger partial charge on any atom is -0.386 e. The maximum absolute atomic E-state index is 12.7. The van der Waals surface area contributed by atoms with Crippen molar-refractivity contribution in [1.29, 1.82) is 0 Å². The lowest BCUT2D eigenvalue weighted by Gasteiger charge is -2.28. The van der Waals surface area contributed by atoms with E-state index in [0.29, 0.717) is 19.6 Å². The second-order valence-electron chi connectivity index (χ2n) is 5.51. The molecule has 21 heavy (non-hydrogen) atoms. The molecule has 0 aliphatic heterocycles. The van der Waals surface area contributed by atoms with E-state index in [1.54, 1.807) is 26.6 Å². The lowest BCUT2D eigenvalue weighted by Crippen LogP contribution is -2.27. The number of aliphatic hydroxyl groups is 1. The van der Waals surface area contributed by atoms with Gasteiger partial charge < -0.3 is 14.2 Å². The molecule has 0 fully saturated rings. The third kappa shape index (κ3) is 8.15. The van der Waals surface area contributed by atoms with Gasteiger partial charge in [-0.05, 0) is 45.6 Å². The van der Waals surface area contributed by atoms with Gasteiger partial charge >= 0.3 is 7.60 Å².